The number of ether oxygens (including phenoxy) is 2. The standard InChI is InChI=1S/C16H20N4O3/c1-4-7-17-15-10-18-13(9-19-15)16(21)20-12-8-11(22-2)5-6-14(12)23-3/h5-6,8-10H,4,7H2,1-3H3,(H,17,19)(H,20,21). The highest BCUT2D eigenvalue weighted by Gasteiger charge is 2.12. The first-order chi connectivity index (χ1) is 11.2. The van der Waals surface area contributed by atoms with Gasteiger partial charge in [-0.25, -0.2) is 9.97 Å². The van der Waals surface area contributed by atoms with Crippen molar-refractivity contribution in [1.29, 1.82) is 0 Å². The van der Waals surface area contributed by atoms with Crippen molar-refractivity contribution in [3.05, 3.63) is 36.3 Å². The van der Waals surface area contributed by atoms with Crippen molar-refractivity contribution in [2.75, 3.05) is 31.4 Å². The van der Waals surface area contributed by atoms with Crippen LogP contribution in [0.4, 0.5) is 11.5 Å². The first-order valence-corrected chi connectivity index (χ1v) is 7.27. The first-order valence-electron chi connectivity index (χ1n) is 7.27. The Morgan fingerprint density at radius 3 is 2.61 bits per heavy atom. The molecular formula is C16H20N4O3. The van der Waals surface area contributed by atoms with E-state index in [9.17, 15) is 4.79 Å². The fourth-order valence-electron chi connectivity index (χ4n) is 1.89. The van der Waals surface area contributed by atoms with Gasteiger partial charge < -0.3 is 20.1 Å². The normalized spacial score (nSPS) is 10.0. The molecule has 0 saturated heterocycles. The topological polar surface area (TPSA) is 85.4 Å². The number of nitrogens with one attached hydrogen (secondary N) is 2. The molecule has 1 aromatic heterocycles. The lowest BCUT2D eigenvalue weighted by atomic mass is 10.2. The van der Waals surface area contributed by atoms with E-state index in [-0.39, 0.29) is 11.6 Å². The van der Waals surface area contributed by atoms with E-state index in [0.717, 1.165) is 13.0 Å². The van der Waals surface area contributed by atoms with Crippen molar-refractivity contribution in [3.63, 3.8) is 0 Å². The molecule has 0 aliphatic carbocycles. The van der Waals surface area contributed by atoms with E-state index in [4.69, 9.17) is 9.47 Å². The first kappa shape index (κ1) is 16.5. The Balaban J connectivity index is 2.12. The second-order valence-electron chi connectivity index (χ2n) is 4.73. The molecule has 1 heterocycles. The molecule has 0 fully saturated rings. The summed E-state index contributed by atoms with van der Waals surface area (Å²) < 4.78 is 10.4. The minimum atomic E-state index is -0.369. The maximum absolute atomic E-state index is 12.3. The smallest absolute Gasteiger partial charge is 0.275 e. The van der Waals surface area contributed by atoms with Gasteiger partial charge in [0.25, 0.3) is 5.91 Å². The Morgan fingerprint density at radius 2 is 2.00 bits per heavy atom. The summed E-state index contributed by atoms with van der Waals surface area (Å²) in [5.74, 6) is 1.42. The van der Waals surface area contributed by atoms with Crippen LogP contribution in [0, 0.1) is 0 Å². The monoisotopic (exact) mass is 316 g/mol. The average Bonchev–Trinajstić information content (AvgIpc) is 2.60. The van der Waals surface area contributed by atoms with Gasteiger partial charge in [0.05, 0.1) is 32.3 Å². The van der Waals surface area contributed by atoms with Gasteiger partial charge in [-0.2, -0.15) is 0 Å². The highest BCUT2D eigenvalue weighted by Crippen LogP contribution is 2.29. The third-order valence-corrected chi connectivity index (χ3v) is 3.10. The van der Waals surface area contributed by atoms with Crippen molar-refractivity contribution < 1.29 is 14.3 Å². The number of aromatic nitrogens is 2. The van der Waals surface area contributed by atoms with Crippen molar-refractivity contribution in [2.45, 2.75) is 13.3 Å². The molecule has 2 aromatic rings. The quantitative estimate of drug-likeness (QED) is 0.816. The average molecular weight is 316 g/mol. The van der Waals surface area contributed by atoms with Crippen LogP contribution in [0.2, 0.25) is 0 Å². The second-order valence-corrected chi connectivity index (χ2v) is 4.73. The molecular weight excluding hydrogens is 296 g/mol. The van der Waals surface area contributed by atoms with E-state index in [1.807, 2.05) is 0 Å². The van der Waals surface area contributed by atoms with E-state index in [1.165, 1.54) is 19.5 Å². The molecule has 7 nitrogen and oxygen atoms in total. The zero-order valence-electron chi connectivity index (χ0n) is 13.4. The molecule has 0 aliphatic heterocycles. The molecule has 0 aliphatic rings. The van der Waals surface area contributed by atoms with E-state index in [0.29, 0.717) is 23.0 Å². The molecule has 1 aromatic carbocycles. The van der Waals surface area contributed by atoms with Gasteiger partial charge in [-0.3, -0.25) is 4.79 Å². The summed E-state index contributed by atoms with van der Waals surface area (Å²) in [5.41, 5.74) is 0.726. The Labute approximate surface area is 135 Å². The van der Waals surface area contributed by atoms with Crippen molar-refractivity contribution >= 4 is 17.4 Å². The largest absolute Gasteiger partial charge is 0.497 e. The Morgan fingerprint density at radius 1 is 1.17 bits per heavy atom. The molecule has 0 bridgehead atoms. The molecule has 122 valence electrons. The molecule has 1 amide bonds. The van der Waals surface area contributed by atoms with Crippen LogP contribution in [-0.2, 0) is 0 Å². The second kappa shape index (κ2) is 7.98. The molecule has 0 atom stereocenters. The van der Waals surface area contributed by atoms with Gasteiger partial charge >= 0.3 is 0 Å². The Kier molecular flexibility index (Phi) is 5.74. The predicted octanol–water partition coefficient (Wildman–Crippen LogP) is 2.57. The number of rotatable bonds is 7. The van der Waals surface area contributed by atoms with Gasteiger partial charge in [-0.1, -0.05) is 6.92 Å². The van der Waals surface area contributed by atoms with Crippen LogP contribution in [0.1, 0.15) is 23.8 Å². The van der Waals surface area contributed by atoms with Crippen LogP contribution in [0.5, 0.6) is 11.5 Å². The molecule has 2 rings (SSSR count). The maximum atomic E-state index is 12.3. The van der Waals surface area contributed by atoms with E-state index < -0.39 is 0 Å². The van der Waals surface area contributed by atoms with Gasteiger partial charge in [-0.05, 0) is 18.6 Å². The Hall–Kier alpha value is -2.83. The van der Waals surface area contributed by atoms with Crippen molar-refractivity contribution in [3.8, 4) is 11.5 Å². The van der Waals surface area contributed by atoms with Crippen molar-refractivity contribution in [2.24, 2.45) is 0 Å². The summed E-state index contributed by atoms with van der Waals surface area (Å²) in [6.45, 7) is 2.87. The minimum absolute atomic E-state index is 0.219. The number of hydrogen-bond acceptors (Lipinski definition) is 6. The molecule has 0 radical (unpaired) electrons. The maximum Gasteiger partial charge on any atom is 0.275 e. The van der Waals surface area contributed by atoms with Crippen molar-refractivity contribution in [1.82, 2.24) is 9.97 Å². The van der Waals surface area contributed by atoms with E-state index in [1.54, 1.807) is 25.3 Å². The zero-order valence-corrected chi connectivity index (χ0v) is 13.4. The van der Waals surface area contributed by atoms with E-state index >= 15 is 0 Å². The third-order valence-electron chi connectivity index (χ3n) is 3.10. The molecule has 0 spiro atoms. The number of methoxy groups -OCH3 is 2. The van der Waals surface area contributed by atoms with Gasteiger partial charge in [0, 0.05) is 12.6 Å². The summed E-state index contributed by atoms with van der Waals surface area (Å²) in [5, 5.41) is 5.85. The van der Waals surface area contributed by atoms with Gasteiger partial charge in [0.2, 0.25) is 0 Å². The summed E-state index contributed by atoms with van der Waals surface area (Å²) in [7, 11) is 3.09. The SMILES string of the molecule is CCCNc1cnc(C(=O)Nc2cc(OC)ccc2OC)cn1. The lowest BCUT2D eigenvalue weighted by molar-refractivity contribution is 0.102. The summed E-state index contributed by atoms with van der Waals surface area (Å²) in [4.78, 5) is 20.6. The molecule has 0 saturated carbocycles. The van der Waals surface area contributed by atoms with Gasteiger partial charge in [0.1, 0.15) is 23.0 Å². The number of carbonyl (C=O) groups is 1. The Bertz CT molecular complexity index is 659. The number of amides is 1. The molecule has 7 heteroatoms. The predicted molar refractivity (Wildman–Crippen MR) is 88.3 cm³/mol. The van der Waals surface area contributed by atoms with Crippen LogP contribution in [-0.4, -0.2) is 36.6 Å². The highest BCUT2D eigenvalue weighted by atomic mass is 16.5. The fraction of sp³-hybridized carbons (Fsp3) is 0.312. The number of nitrogens with zero attached hydrogens (tertiary/aromatic N) is 2. The van der Waals surface area contributed by atoms with Crippen LogP contribution in [0.25, 0.3) is 0 Å². The highest BCUT2D eigenvalue weighted by molar-refractivity contribution is 6.03. The number of hydrogen-bond donors (Lipinski definition) is 2. The van der Waals surface area contributed by atoms with Crippen LogP contribution < -0.4 is 20.1 Å². The third kappa shape index (κ3) is 4.32. The van der Waals surface area contributed by atoms with Gasteiger partial charge in [0.15, 0.2) is 0 Å². The molecule has 23 heavy (non-hydrogen) atoms. The van der Waals surface area contributed by atoms with Crippen LogP contribution >= 0.6 is 0 Å². The minimum Gasteiger partial charge on any atom is -0.497 e. The number of anilines is 2. The van der Waals surface area contributed by atoms with E-state index in [2.05, 4.69) is 27.5 Å². The lowest BCUT2D eigenvalue weighted by Crippen LogP contribution is -2.15. The molecule has 2 N–H and O–H groups in total. The summed E-state index contributed by atoms with van der Waals surface area (Å²) in [6.07, 6.45) is 3.95. The molecule has 0 unspecified atom stereocenters. The zero-order chi connectivity index (χ0) is 16.7. The van der Waals surface area contributed by atoms with Crippen LogP contribution in [0.3, 0.4) is 0 Å². The lowest BCUT2D eigenvalue weighted by Gasteiger charge is -2.11. The number of carbonyl (C=O) groups excluding carboxylic acids is 1. The van der Waals surface area contributed by atoms with Crippen LogP contribution in [0.15, 0.2) is 30.6 Å². The summed E-state index contributed by atoms with van der Waals surface area (Å²) >= 11 is 0. The fourth-order valence-corrected chi connectivity index (χ4v) is 1.89. The summed E-state index contributed by atoms with van der Waals surface area (Å²) in [6, 6.07) is 5.15. The number of benzene rings is 1. The van der Waals surface area contributed by atoms with Gasteiger partial charge in [-0.15, -0.1) is 0 Å².